The summed E-state index contributed by atoms with van der Waals surface area (Å²) in [6.45, 7) is 1.30. The number of aromatic amines is 1. The summed E-state index contributed by atoms with van der Waals surface area (Å²) in [5.41, 5.74) is 1.67. The van der Waals surface area contributed by atoms with Gasteiger partial charge in [-0.15, -0.1) is 0 Å². The van der Waals surface area contributed by atoms with E-state index in [4.69, 9.17) is 9.47 Å². The van der Waals surface area contributed by atoms with Crippen molar-refractivity contribution >= 4 is 32.5 Å². The maximum Gasteiger partial charge on any atom is 0.250 e. The lowest BCUT2D eigenvalue weighted by Crippen LogP contribution is -2.30. The Kier molecular flexibility index (Phi) is 5.92. The van der Waals surface area contributed by atoms with Crippen LogP contribution in [0.5, 0.6) is 0 Å². The summed E-state index contributed by atoms with van der Waals surface area (Å²) in [4.78, 5) is 14.8. The van der Waals surface area contributed by atoms with Crippen molar-refractivity contribution in [1.82, 2.24) is 4.98 Å². The molecule has 1 aromatic carbocycles. The molecule has 0 saturated heterocycles. The van der Waals surface area contributed by atoms with Crippen LogP contribution < -0.4 is 10.9 Å². The zero-order chi connectivity index (χ0) is 16.9. The van der Waals surface area contributed by atoms with Crippen molar-refractivity contribution in [1.29, 1.82) is 0 Å². The molecular formula is C18H23BrN2O3. The quantitative estimate of drug-likeness (QED) is 0.733. The molecule has 0 aliphatic heterocycles. The number of hydrogen-bond acceptors (Lipinski definition) is 4. The largest absolute Gasteiger partial charge is 0.382 e. The average molecular weight is 395 g/mol. The molecule has 0 bridgehead atoms. The number of methoxy groups -OCH3 is 1. The van der Waals surface area contributed by atoms with E-state index in [9.17, 15) is 4.79 Å². The monoisotopic (exact) mass is 394 g/mol. The highest BCUT2D eigenvalue weighted by Crippen LogP contribution is 2.28. The van der Waals surface area contributed by atoms with Gasteiger partial charge < -0.3 is 19.8 Å². The number of benzene rings is 1. The lowest BCUT2D eigenvalue weighted by molar-refractivity contribution is -0.00154. The zero-order valence-corrected chi connectivity index (χ0v) is 15.4. The van der Waals surface area contributed by atoms with Gasteiger partial charge in [0, 0.05) is 34.8 Å². The maximum absolute atomic E-state index is 11.9. The van der Waals surface area contributed by atoms with Gasteiger partial charge in [0.2, 0.25) is 5.56 Å². The highest BCUT2D eigenvalue weighted by molar-refractivity contribution is 9.10. The summed E-state index contributed by atoms with van der Waals surface area (Å²) >= 11 is 3.50. The molecule has 0 radical (unpaired) electrons. The molecule has 1 saturated carbocycles. The van der Waals surface area contributed by atoms with Crippen molar-refractivity contribution in [3.05, 3.63) is 39.1 Å². The van der Waals surface area contributed by atoms with E-state index in [0.29, 0.717) is 25.4 Å². The number of hydrogen-bond donors (Lipinski definition) is 2. The highest BCUT2D eigenvalue weighted by atomic mass is 79.9. The van der Waals surface area contributed by atoms with Gasteiger partial charge in [0.1, 0.15) is 0 Å². The first-order valence-corrected chi connectivity index (χ1v) is 9.14. The van der Waals surface area contributed by atoms with E-state index < -0.39 is 0 Å². The fraction of sp³-hybridized carbons (Fsp3) is 0.500. The molecule has 6 heteroatoms. The number of fused-ring (bicyclic) bond motifs is 1. The van der Waals surface area contributed by atoms with E-state index in [1.54, 1.807) is 13.2 Å². The van der Waals surface area contributed by atoms with Crippen LogP contribution in [0.25, 0.3) is 10.9 Å². The summed E-state index contributed by atoms with van der Waals surface area (Å²) in [6, 6.07) is 7.91. The molecule has 0 unspecified atom stereocenters. The Morgan fingerprint density at radius 2 is 2.00 bits per heavy atom. The number of anilines is 1. The number of ether oxygens (including phenoxy) is 2. The molecule has 24 heavy (non-hydrogen) atoms. The van der Waals surface area contributed by atoms with E-state index in [1.807, 2.05) is 18.2 Å². The molecule has 0 amide bonds. The number of H-pyrrole nitrogens is 1. The summed E-state index contributed by atoms with van der Waals surface area (Å²) in [6.07, 6.45) is 4.47. The van der Waals surface area contributed by atoms with Crippen molar-refractivity contribution in [2.45, 2.75) is 37.8 Å². The Labute approximate surface area is 149 Å². The molecule has 0 spiro atoms. The van der Waals surface area contributed by atoms with Gasteiger partial charge in [0.25, 0.3) is 0 Å². The third kappa shape index (κ3) is 4.37. The van der Waals surface area contributed by atoms with Crippen LogP contribution in [0.2, 0.25) is 0 Å². The van der Waals surface area contributed by atoms with E-state index >= 15 is 0 Å². The van der Waals surface area contributed by atoms with Crippen molar-refractivity contribution in [3.8, 4) is 0 Å². The number of rotatable bonds is 6. The van der Waals surface area contributed by atoms with Gasteiger partial charge >= 0.3 is 0 Å². The third-order valence-electron chi connectivity index (χ3n) is 4.48. The van der Waals surface area contributed by atoms with Gasteiger partial charge in [0.05, 0.1) is 24.8 Å². The summed E-state index contributed by atoms with van der Waals surface area (Å²) in [5, 5.41) is 4.59. The first-order chi connectivity index (χ1) is 11.7. The Morgan fingerprint density at radius 3 is 2.75 bits per heavy atom. The molecular weight excluding hydrogens is 372 g/mol. The molecule has 2 N–H and O–H groups in total. The molecule has 1 aliphatic rings. The first-order valence-electron chi connectivity index (χ1n) is 8.35. The number of pyridine rings is 1. The molecule has 1 heterocycles. The van der Waals surface area contributed by atoms with E-state index in [2.05, 4.69) is 26.2 Å². The predicted molar refractivity (Wildman–Crippen MR) is 99.8 cm³/mol. The second-order valence-electron chi connectivity index (χ2n) is 6.22. The minimum absolute atomic E-state index is 0.0797. The van der Waals surface area contributed by atoms with Crippen molar-refractivity contribution < 1.29 is 9.47 Å². The van der Waals surface area contributed by atoms with Gasteiger partial charge in [-0.25, -0.2) is 0 Å². The highest BCUT2D eigenvalue weighted by Gasteiger charge is 2.22. The van der Waals surface area contributed by atoms with Gasteiger partial charge in [-0.1, -0.05) is 15.9 Å². The summed E-state index contributed by atoms with van der Waals surface area (Å²) < 4.78 is 11.8. The van der Waals surface area contributed by atoms with Crippen molar-refractivity contribution in [2.75, 3.05) is 25.6 Å². The summed E-state index contributed by atoms with van der Waals surface area (Å²) in [5.74, 6) is 0. The number of aromatic nitrogens is 1. The fourth-order valence-corrected chi connectivity index (χ4v) is 3.60. The fourth-order valence-electron chi connectivity index (χ4n) is 3.24. The molecule has 0 atom stereocenters. The lowest BCUT2D eigenvalue weighted by Gasteiger charge is -2.30. The van der Waals surface area contributed by atoms with Gasteiger partial charge in [-0.3, -0.25) is 4.79 Å². The van der Waals surface area contributed by atoms with Crippen molar-refractivity contribution in [3.63, 3.8) is 0 Å². The minimum Gasteiger partial charge on any atom is -0.382 e. The van der Waals surface area contributed by atoms with Crippen LogP contribution in [-0.4, -0.2) is 37.5 Å². The molecule has 1 aliphatic carbocycles. The minimum atomic E-state index is -0.0797. The van der Waals surface area contributed by atoms with Crippen LogP contribution in [0.15, 0.2) is 33.5 Å². The Balaban J connectivity index is 1.66. The molecule has 1 fully saturated rings. The first kappa shape index (κ1) is 17.5. The smallest absolute Gasteiger partial charge is 0.250 e. The number of halogens is 1. The molecule has 130 valence electrons. The molecule has 2 aromatic rings. The topological polar surface area (TPSA) is 63.4 Å². The SMILES string of the molecule is COCCOC1CCC(Nc2cc(=O)[nH]c3ccc(Br)cc23)CC1. The standard InChI is InChI=1S/C18H23BrN2O3/c1-23-8-9-24-14-5-3-13(4-6-14)20-17-11-18(22)21-16-7-2-12(19)10-15(16)17/h2,7,10-11,13-14H,3-6,8-9H2,1H3,(H2,20,21,22). The van der Waals surface area contributed by atoms with E-state index in [-0.39, 0.29) is 5.56 Å². The van der Waals surface area contributed by atoms with Gasteiger partial charge in [0.15, 0.2) is 0 Å². The van der Waals surface area contributed by atoms with Crippen LogP contribution in [0.1, 0.15) is 25.7 Å². The Bertz CT molecular complexity index is 739. The third-order valence-corrected chi connectivity index (χ3v) is 4.97. The number of nitrogens with one attached hydrogen (secondary N) is 2. The van der Waals surface area contributed by atoms with Crippen LogP contribution in [0, 0.1) is 0 Å². The Morgan fingerprint density at radius 1 is 1.21 bits per heavy atom. The average Bonchev–Trinajstić information content (AvgIpc) is 2.57. The maximum atomic E-state index is 11.9. The molecule has 3 rings (SSSR count). The molecule has 1 aromatic heterocycles. The molecule has 5 nitrogen and oxygen atoms in total. The van der Waals surface area contributed by atoms with Crippen LogP contribution in [0.3, 0.4) is 0 Å². The normalized spacial score (nSPS) is 21.1. The second-order valence-corrected chi connectivity index (χ2v) is 7.13. The predicted octanol–water partition coefficient (Wildman–Crippen LogP) is 3.68. The van der Waals surface area contributed by atoms with Crippen molar-refractivity contribution in [2.24, 2.45) is 0 Å². The van der Waals surface area contributed by atoms with Crippen LogP contribution in [-0.2, 0) is 9.47 Å². The van der Waals surface area contributed by atoms with Gasteiger partial charge in [-0.05, 0) is 43.9 Å². The second kappa shape index (κ2) is 8.14. The summed E-state index contributed by atoms with van der Waals surface area (Å²) in [7, 11) is 1.69. The lowest BCUT2D eigenvalue weighted by atomic mass is 9.92. The van der Waals surface area contributed by atoms with E-state index in [1.165, 1.54) is 0 Å². The van der Waals surface area contributed by atoms with Crippen LogP contribution >= 0.6 is 15.9 Å². The Hall–Kier alpha value is -1.37. The zero-order valence-electron chi connectivity index (χ0n) is 13.8. The van der Waals surface area contributed by atoms with E-state index in [0.717, 1.165) is 46.7 Å². The van der Waals surface area contributed by atoms with Crippen LogP contribution in [0.4, 0.5) is 5.69 Å². The van der Waals surface area contributed by atoms with Gasteiger partial charge in [-0.2, -0.15) is 0 Å².